The van der Waals surface area contributed by atoms with Crippen molar-refractivity contribution in [3.8, 4) is 0 Å². The predicted octanol–water partition coefficient (Wildman–Crippen LogP) is 2.21. The lowest BCUT2D eigenvalue weighted by atomic mass is 9.92. The molecule has 0 unspecified atom stereocenters. The minimum absolute atomic E-state index is 0.0708. The number of carbonyl (C=O) groups excluding carboxylic acids is 2. The van der Waals surface area contributed by atoms with Gasteiger partial charge >= 0.3 is 0 Å². The Hall–Kier alpha value is -2.37. The minimum atomic E-state index is -0.179. The first-order valence-corrected chi connectivity index (χ1v) is 14.5. The number of halogens is 1. The molecule has 11 heteroatoms. The van der Waals surface area contributed by atoms with Crippen molar-refractivity contribution in [1.82, 2.24) is 25.7 Å². The number of hydrogen-bond acceptors (Lipinski definition) is 8. The molecule has 0 bridgehead atoms. The van der Waals surface area contributed by atoms with Crippen molar-refractivity contribution >= 4 is 29.1 Å². The van der Waals surface area contributed by atoms with E-state index in [0.717, 1.165) is 17.8 Å². The molecule has 0 saturated carbocycles. The highest BCUT2D eigenvalue weighted by Gasteiger charge is 2.40. The smallest absolute Gasteiger partial charge is 0.273 e. The van der Waals surface area contributed by atoms with Crippen LogP contribution in [0.1, 0.15) is 39.5 Å². The number of para-hydroxylation sites is 1. The number of carbonyl (C=O) groups is 2. The Bertz CT molecular complexity index is 1030. The van der Waals surface area contributed by atoms with Crippen LogP contribution in [0.2, 0.25) is 5.02 Å². The second-order valence-electron chi connectivity index (χ2n) is 11.0. The average Bonchev–Trinajstić information content (AvgIpc) is 3.27. The van der Waals surface area contributed by atoms with Crippen LogP contribution in [-0.4, -0.2) is 97.4 Å². The molecule has 10 nitrogen and oxygen atoms in total. The van der Waals surface area contributed by atoms with Crippen molar-refractivity contribution in [2.75, 3.05) is 64.6 Å². The molecule has 216 valence electrons. The number of likely N-dealkylation sites (N-methyl/N-ethyl adjacent to an activating group) is 1. The number of benzene rings is 1. The molecule has 3 N–H and O–H groups in total. The average molecular weight is 563 g/mol. The zero-order chi connectivity index (χ0) is 27.9. The fraction of sp³-hybridized carbons (Fsp3) is 0.643. The van der Waals surface area contributed by atoms with Crippen molar-refractivity contribution in [3.63, 3.8) is 0 Å². The van der Waals surface area contributed by atoms with Gasteiger partial charge in [-0.1, -0.05) is 37.6 Å². The van der Waals surface area contributed by atoms with Gasteiger partial charge in [0.05, 0.1) is 35.5 Å². The van der Waals surface area contributed by atoms with E-state index in [9.17, 15) is 14.7 Å². The summed E-state index contributed by atoms with van der Waals surface area (Å²) in [5.74, 6) is 0.142. The van der Waals surface area contributed by atoms with Gasteiger partial charge in [-0.25, -0.2) is 0 Å². The number of hydrazine groups is 2. The Kier molecular flexibility index (Phi) is 10.5. The number of anilines is 1. The summed E-state index contributed by atoms with van der Waals surface area (Å²) in [6.45, 7) is 8.53. The molecule has 4 rings (SSSR count). The number of hydrogen-bond donors (Lipinski definition) is 3. The molecular weight excluding hydrogens is 520 g/mol. The van der Waals surface area contributed by atoms with Crippen molar-refractivity contribution in [3.05, 3.63) is 40.7 Å². The van der Waals surface area contributed by atoms with Crippen LogP contribution >= 0.6 is 11.6 Å². The molecule has 0 spiro atoms. The lowest BCUT2D eigenvalue weighted by Crippen LogP contribution is -2.56. The minimum Gasteiger partial charge on any atom is -0.396 e. The van der Waals surface area contributed by atoms with Crippen LogP contribution in [0.25, 0.3) is 0 Å². The van der Waals surface area contributed by atoms with Crippen LogP contribution in [0.5, 0.6) is 0 Å². The molecule has 2 atom stereocenters. The summed E-state index contributed by atoms with van der Waals surface area (Å²) in [6.07, 6.45) is 2.59. The molecule has 2 saturated heterocycles. The van der Waals surface area contributed by atoms with Gasteiger partial charge in [0, 0.05) is 52.4 Å². The van der Waals surface area contributed by atoms with Crippen molar-refractivity contribution in [2.24, 2.45) is 11.8 Å². The summed E-state index contributed by atoms with van der Waals surface area (Å²) in [5.41, 5.74) is 5.46. The lowest BCUT2D eigenvalue weighted by Gasteiger charge is -2.40. The number of allylic oxidation sites excluding steroid dienone is 1. The van der Waals surface area contributed by atoms with E-state index >= 15 is 0 Å². The molecule has 2 fully saturated rings. The van der Waals surface area contributed by atoms with E-state index in [0.29, 0.717) is 75.9 Å². The third-order valence-electron chi connectivity index (χ3n) is 7.51. The second-order valence-corrected chi connectivity index (χ2v) is 11.4. The maximum absolute atomic E-state index is 14.4. The zero-order valence-corrected chi connectivity index (χ0v) is 24.1. The summed E-state index contributed by atoms with van der Waals surface area (Å²) in [7, 11) is 1.84. The lowest BCUT2D eigenvalue weighted by molar-refractivity contribution is -0.142. The number of ether oxygens (including phenoxy) is 1. The van der Waals surface area contributed by atoms with Gasteiger partial charge in [0.25, 0.3) is 5.91 Å². The molecule has 3 heterocycles. The Labute approximate surface area is 236 Å². The van der Waals surface area contributed by atoms with Crippen LogP contribution in [0, 0.1) is 11.8 Å². The number of unbranched alkanes of at least 4 members (excludes halogenated alkanes) is 1. The topological polar surface area (TPSA) is 101 Å². The van der Waals surface area contributed by atoms with Crippen LogP contribution in [0.15, 0.2) is 35.7 Å². The summed E-state index contributed by atoms with van der Waals surface area (Å²) < 4.78 is 5.43. The molecule has 0 aromatic heterocycles. The number of nitrogens with zero attached hydrogens (tertiary/aromatic N) is 4. The number of morpholine rings is 1. The summed E-state index contributed by atoms with van der Waals surface area (Å²) in [6, 6.07) is 7.42. The maximum atomic E-state index is 14.4. The first-order chi connectivity index (χ1) is 18.8. The van der Waals surface area contributed by atoms with Crippen molar-refractivity contribution < 1.29 is 19.4 Å². The fourth-order valence-electron chi connectivity index (χ4n) is 5.61. The monoisotopic (exact) mass is 562 g/mol. The SMILES string of the molecule is CC(C)CN(C(=O)C1=C(CCCCO)N(c2ccccc2Cl)NN1C)[C@@H]1CNC[C@H](C(=O)N2CCOCC2)C1. The third-order valence-corrected chi connectivity index (χ3v) is 7.83. The highest BCUT2D eigenvalue weighted by atomic mass is 35.5. The van der Waals surface area contributed by atoms with Gasteiger partial charge in [0.1, 0.15) is 5.70 Å². The van der Waals surface area contributed by atoms with E-state index in [4.69, 9.17) is 16.3 Å². The molecule has 39 heavy (non-hydrogen) atoms. The van der Waals surface area contributed by atoms with E-state index in [2.05, 4.69) is 24.7 Å². The number of aliphatic hydroxyl groups excluding tert-OH is 1. The second kappa shape index (κ2) is 13.8. The van der Waals surface area contributed by atoms with Gasteiger partial charge in [0.15, 0.2) is 0 Å². The molecule has 1 aromatic rings. The Morgan fingerprint density at radius 2 is 1.92 bits per heavy atom. The van der Waals surface area contributed by atoms with Gasteiger partial charge in [-0.3, -0.25) is 19.6 Å². The normalized spacial score (nSPS) is 22.2. The van der Waals surface area contributed by atoms with Crippen LogP contribution < -0.4 is 15.9 Å². The molecule has 0 radical (unpaired) electrons. The van der Waals surface area contributed by atoms with Gasteiger partial charge in [-0.15, -0.1) is 5.53 Å². The Morgan fingerprint density at radius 1 is 1.18 bits per heavy atom. The molecule has 0 aliphatic carbocycles. The molecule has 3 aliphatic rings. The van der Waals surface area contributed by atoms with Gasteiger partial charge in [-0.2, -0.15) is 0 Å². The first-order valence-electron chi connectivity index (χ1n) is 14.1. The molecule has 3 aliphatic heterocycles. The zero-order valence-electron chi connectivity index (χ0n) is 23.4. The van der Waals surface area contributed by atoms with E-state index in [1.54, 1.807) is 5.01 Å². The Balaban J connectivity index is 1.62. The fourth-order valence-corrected chi connectivity index (χ4v) is 5.83. The van der Waals surface area contributed by atoms with E-state index in [1.807, 2.05) is 46.1 Å². The largest absolute Gasteiger partial charge is 0.396 e. The third kappa shape index (κ3) is 7.05. The van der Waals surface area contributed by atoms with E-state index in [-0.39, 0.29) is 36.3 Å². The summed E-state index contributed by atoms with van der Waals surface area (Å²) in [5, 5.41) is 17.1. The standard InChI is InChI=1S/C28H43ClN6O4/c1-20(2)19-34(22-16-21(17-30-18-22)27(37)33-11-14-39-15-12-33)28(38)26-25(10-6-7-13-36)35(31-32(26)3)24-9-5-4-8-23(24)29/h4-5,8-9,20-22,30-31,36H,6-7,10-19H2,1-3H3/t21-,22+/m1/s1. The van der Waals surface area contributed by atoms with E-state index < -0.39 is 0 Å². The van der Waals surface area contributed by atoms with Crippen LogP contribution in [-0.2, 0) is 14.3 Å². The molecular formula is C28H43ClN6O4. The number of amides is 2. The summed E-state index contributed by atoms with van der Waals surface area (Å²) in [4.78, 5) is 31.6. The van der Waals surface area contributed by atoms with Gasteiger partial charge < -0.3 is 25.0 Å². The van der Waals surface area contributed by atoms with E-state index in [1.165, 1.54) is 0 Å². The number of nitrogens with one attached hydrogen (secondary N) is 2. The number of aliphatic hydroxyl groups is 1. The molecule has 2 amide bonds. The maximum Gasteiger partial charge on any atom is 0.273 e. The number of piperidine rings is 1. The van der Waals surface area contributed by atoms with Crippen LogP contribution in [0.3, 0.4) is 0 Å². The quantitative estimate of drug-likeness (QED) is 0.373. The highest BCUT2D eigenvalue weighted by Crippen LogP contribution is 2.35. The highest BCUT2D eigenvalue weighted by molar-refractivity contribution is 6.33. The molecule has 1 aromatic carbocycles. The van der Waals surface area contributed by atoms with Gasteiger partial charge in [-0.05, 0) is 43.7 Å². The number of rotatable bonds is 10. The predicted molar refractivity (Wildman–Crippen MR) is 152 cm³/mol. The summed E-state index contributed by atoms with van der Waals surface area (Å²) >= 11 is 6.56. The van der Waals surface area contributed by atoms with Crippen molar-refractivity contribution in [1.29, 1.82) is 0 Å². The van der Waals surface area contributed by atoms with Crippen LogP contribution in [0.4, 0.5) is 5.69 Å². The first kappa shape index (κ1) is 29.6. The van der Waals surface area contributed by atoms with Gasteiger partial charge in [0.2, 0.25) is 5.91 Å². The van der Waals surface area contributed by atoms with Crippen molar-refractivity contribution in [2.45, 2.75) is 45.6 Å². The Morgan fingerprint density at radius 3 is 2.62 bits per heavy atom.